The monoisotopic (exact) mass is 290 g/mol. The second kappa shape index (κ2) is 5.76. The van der Waals surface area contributed by atoms with Gasteiger partial charge in [-0.25, -0.2) is 0 Å². The van der Waals surface area contributed by atoms with E-state index in [2.05, 4.69) is 0 Å². The Morgan fingerprint density at radius 1 is 0.900 bits per heavy atom. The van der Waals surface area contributed by atoms with Crippen LogP contribution in [0.5, 0.6) is 11.5 Å². The quantitative estimate of drug-likeness (QED) is 0.774. The predicted octanol–water partition coefficient (Wildman–Crippen LogP) is 5.19. The highest BCUT2D eigenvalue weighted by molar-refractivity contribution is 6.35. The summed E-state index contributed by atoms with van der Waals surface area (Å²) in [6, 6.07) is 13.7. The highest BCUT2D eigenvalue weighted by Gasteiger charge is 2.19. The van der Waals surface area contributed by atoms with Gasteiger partial charge in [-0.3, -0.25) is 0 Å². The van der Waals surface area contributed by atoms with Crippen LogP contribution in [0.3, 0.4) is 0 Å². The van der Waals surface area contributed by atoms with Crippen LogP contribution < -0.4 is 9.47 Å². The van der Waals surface area contributed by atoms with Gasteiger partial charge in [0.15, 0.2) is 0 Å². The Bertz CT molecular complexity index is 586. The van der Waals surface area contributed by atoms with Crippen LogP contribution in [-0.4, -0.2) is 12.7 Å². The van der Waals surface area contributed by atoms with E-state index in [9.17, 15) is 0 Å². The lowest BCUT2D eigenvalue weighted by Gasteiger charge is -2.23. The average Bonchev–Trinajstić information content (AvgIpc) is 2.40. The number of rotatable bonds is 3. The van der Waals surface area contributed by atoms with Crippen molar-refractivity contribution in [2.45, 2.75) is 26.4 Å². The topological polar surface area (TPSA) is 18.5 Å². The van der Waals surface area contributed by atoms with Crippen molar-refractivity contribution in [3.8, 4) is 22.6 Å². The molecule has 0 saturated carbocycles. The molecule has 2 nitrogen and oxygen atoms in total. The number of ether oxygens (including phenoxy) is 2. The van der Waals surface area contributed by atoms with Crippen molar-refractivity contribution >= 4 is 11.6 Å². The Morgan fingerprint density at radius 3 is 2.05 bits per heavy atom. The van der Waals surface area contributed by atoms with E-state index in [1.54, 1.807) is 7.11 Å². The largest absolute Gasteiger partial charge is 0.496 e. The number of halogens is 1. The highest BCUT2D eigenvalue weighted by Crippen LogP contribution is 2.42. The van der Waals surface area contributed by atoms with E-state index in [4.69, 9.17) is 21.1 Å². The number of hydrogen-bond acceptors (Lipinski definition) is 2. The molecule has 0 spiro atoms. The second-order valence-corrected chi connectivity index (χ2v) is 5.91. The van der Waals surface area contributed by atoms with Crippen LogP contribution in [0.4, 0.5) is 0 Å². The van der Waals surface area contributed by atoms with Crippen LogP contribution >= 0.6 is 11.6 Å². The van der Waals surface area contributed by atoms with E-state index in [1.807, 2.05) is 63.2 Å². The molecule has 2 rings (SSSR count). The third-order valence-corrected chi connectivity index (χ3v) is 3.14. The Balaban J connectivity index is 2.56. The molecule has 0 aliphatic rings. The van der Waals surface area contributed by atoms with E-state index < -0.39 is 0 Å². The maximum atomic E-state index is 6.53. The third-order valence-electron chi connectivity index (χ3n) is 2.77. The summed E-state index contributed by atoms with van der Waals surface area (Å²) in [5.74, 6) is 1.40. The van der Waals surface area contributed by atoms with Gasteiger partial charge in [-0.1, -0.05) is 41.9 Å². The Labute approximate surface area is 125 Å². The summed E-state index contributed by atoms with van der Waals surface area (Å²) < 4.78 is 11.3. The van der Waals surface area contributed by atoms with E-state index in [1.165, 1.54) is 0 Å². The summed E-state index contributed by atoms with van der Waals surface area (Å²) >= 11 is 6.53. The van der Waals surface area contributed by atoms with Gasteiger partial charge < -0.3 is 9.47 Å². The molecule has 20 heavy (non-hydrogen) atoms. The standard InChI is InChI=1S/C17H19ClO2/c1-17(2,3)20-14-11-10-13(19-4)15(16(14)18)12-8-6-5-7-9-12/h5-11H,1-4H3. The van der Waals surface area contributed by atoms with Crippen molar-refractivity contribution in [2.24, 2.45) is 0 Å². The lowest BCUT2D eigenvalue weighted by Crippen LogP contribution is -2.23. The van der Waals surface area contributed by atoms with Gasteiger partial charge in [0.2, 0.25) is 0 Å². The lowest BCUT2D eigenvalue weighted by atomic mass is 10.0. The van der Waals surface area contributed by atoms with E-state index in [-0.39, 0.29) is 5.60 Å². The summed E-state index contributed by atoms with van der Waals surface area (Å²) in [6.45, 7) is 5.99. The third kappa shape index (κ3) is 3.26. The zero-order chi connectivity index (χ0) is 14.8. The fraction of sp³-hybridized carbons (Fsp3) is 0.294. The molecule has 0 atom stereocenters. The van der Waals surface area contributed by atoms with Crippen LogP contribution in [0.15, 0.2) is 42.5 Å². The molecule has 0 aliphatic heterocycles. The van der Waals surface area contributed by atoms with Crippen molar-refractivity contribution < 1.29 is 9.47 Å². The molecule has 0 bridgehead atoms. The fourth-order valence-corrected chi connectivity index (χ4v) is 2.30. The first-order valence-corrected chi connectivity index (χ1v) is 6.91. The van der Waals surface area contributed by atoms with Crippen molar-refractivity contribution in [1.29, 1.82) is 0 Å². The minimum Gasteiger partial charge on any atom is -0.496 e. The van der Waals surface area contributed by atoms with Gasteiger partial charge in [0, 0.05) is 5.56 Å². The molecule has 0 saturated heterocycles. The number of hydrogen-bond donors (Lipinski definition) is 0. The fourth-order valence-electron chi connectivity index (χ4n) is 1.99. The van der Waals surface area contributed by atoms with Crippen molar-refractivity contribution in [2.75, 3.05) is 7.11 Å². The van der Waals surface area contributed by atoms with Gasteiger partial charge in [0.05, 0.1) is 12.1 Å². The number of benzene rings is 2. The molecule has 0 aliphatic carbocycles. The molecule has 3 heteroatoms. The summed E-state index contributed by atoms with van der Waals surface area (Å²) in [5.41, 5.74) is 1.57. The van der Waals surface area contributed by atoms with Crippen LogP contribution in [0, 0.1) is 0 Å². The van der Waals surface area contributed by atoms with Crippen molar-refractivity contribution in [1.82, 2.24) is 0 Å². The van der Waals surface area contributed by atoms with Crippen molar-refractivity contribution in [3.63, 3.8) is 0 Å². The molecule has 2 aromatic carbocycles. The molecule has 2 aromatic rings. The molecule has 0 amide bonds. The summed E-state index contributed by atoms with van der Waals surface area (Å²) in [7, 11) is 1.64. The predicted molar refractivity (Wildman–Crippen MR) is 83.8 cm³/mol. The molecule has 0 unspecified atom stereocenters. The molecule has 0 aromatic heterocycles. The maximum Gasteiger partial charge on any atom is 0.139 e. The van der Waals surface area contributed by atoms with E-state index in [0.29, 0.717) is 10.8 Å². The minimum atomic E-state index is -0.299. The Hall–Kier alpha value is -1.67. The maximum absolute atomic E-state index is 6.53. The van der Waals surface area contributed by atoms with Crippen molar-refractivity contribution in [3.05, 3.63) is 47.5 Å². The first-order valence-electron chi connectivity index (χ1n) is 6.53. The molecule has 0 heterocycles. The van der Waals surface area contributed by atoms with Crippen LogP contribution in [-0.2, 0) is 0 Å². The second-order valence-electron chi connectivity index (χ2n) is 5.54. The summed E-state index contributed by atoms with van der Waals surface area (Å²) in [6.07, 6.45) is 0. The first kappa shape index (κ1) is 14.7. The van der Waals surface area contributed by atoms with Crippen LogP contribution in [0.2, 0.25) is 5.02 Å². The van der Waals surface area contributed by atoms with E-state index >= 15 is 0 Å². The normalized spacial score (nSPS) is 11.2. The van der Waals surface area contributed by atoms with E-state index in [0.717, 1.165) is 16.9 Å². The molecule has 0 N–H and O–H groups in total. The number of methoxy groups -OCH3 is 1. The van der Waals surface area contributed by atoms with Gasteiger partial charge in [-0.05, 0) is 38.5 Å². The van der Waals surface area contributed by atoms with Gasteiger partial charge in [0.1, 0.15) is 17.1 Å². The summed E-state index contributed by atoms with van der Waals surface area (Å²) in [4.78, 5) is 0. The lowest BCUT2D eigenvalue weighted by molar-refractivity contribution is 0.131. The zero-order valence-corrected chi connectivity index (χ0v) is 13.0. The first-order chi connectivity index (χ1) is 9.42. The Morgan fingerprint density at radius 2 is 1.50 bits per heavy atom. The zero-order valence-electron chi connectivity index (χ0n) is 12.2. The molecule has 0 radical (unpaired) electrons. The van der Waals surface area contributed by atoms with Crippen LogP contribution in [0.25, 0.3) is 11.1 Å². The molecular weight excluding hydrogens is 272 g/mol. The average molecular weight is 291 g/mol. The molecular formula is C17H19ClO2. The van der Waals surface area contributed by atoms with Crippen LogP contribution in [0.1, 0.15) is 20.8 Å². The minimum absolute atomic E-state index is 0.299. The molecule has 106 valence electrons. The van der Waals surface area contributed by atoms with Gasteiger partial charge in [-0.15, -0.1) is 0 Å². The highest BCUT2D eigenvalue weighted by atomic mass is 35.5. The summed E-state index contributed by atoms with van der Waals surface area (Å²) in [5, 5.41) is 0.575. The smallest absolute Gasteiger partial charge is 0.139 e. The van der Waals surface area contributed by atoms with Gasteiger partial charge >= 0.3 is 0 Å². The SMILES string of the molecule is COc1ccc(OC(C)(C)C)c(Cl)c1-c1ccccc1. The Kier molecular flexibility index (Phi) is 4.24. The molecule has 0 fully saturated rings. The van der Waals surface area contributed by atoms with Gasteiger partial charge in [-0.2, -0.15) is 0 Å². The van der Waals surface area contributed by atoms with Gasteiger partial charge in [0.25, 0.3) is 0 Å².